The van der Waals surface area contributed by atoms with Gasteiger partial charge in [0, 0.05) is 17.2 Å². The van der Waals surface area contributed by atoms with Crippen molar-refractivity contribution in [2.24, 2.45) is 5.92 Å². The average Bonchev–Trinajstić information content (AvgIpc) is 2.68. The van der Waals surface area contributed by atoms with E-state index in [9.17, 15) is 22.8 Å². The maximum Gasteiger partial charge on any atom is 0.416 e. The molecule has 1 saturated heterocycles. The molecular weight excluding hydrogens is 381 g/mol. The van der Waals surface area contributed by atoms with Gasteiger partial charge in [0.1, 0.15) is 0 Å². The van der Waals surface area contributed by atoms with E-state index in [4.69, 9.17) is 0 Å². The van der Waals surface area contributed by atoms with Gasteiger partial charge in [-0.25, -0.2) is 0 Å². The van der Waals surface area contributed by atoms with Crippen LogP contribution in [0.3, 0.4) is 0 Å². The number of alkyl halides is 3. The molecule has 1 heterocycles. The molecule has 4 nitrogen and oxygen atoms in total. The third kappa shape index (κ3) is 5.67. The van der Waals surface area contributed by atoms with Crippen LogP contribution in [0.4, 0.5) is 18.9 Å². The molecule has 1 N–H and O–H groups in total. The van der Waals surface area contributed by atoms with E-state index >= 15 is 0 Å². The predicted octanol–water partition coefficient (Wildman–Crippen LogP) is 4.55. The number of hydrogen-bond donors (Lipinski definition) is 1. The van der Waals surface area contributed by atoms with E-state index in [0.717, 1.165) is 17.7 Å². The highest BCUT2D eigenvalue weighted by Crippen LogP contribution is 2.29. The van der Waals surface area contributed by atoms with Gasteiger partial charge in [-0.2, -0.15) is 13.2 Å². The Bertz CT molecular complexity index is 853. The quantitative estimate of drug-likeness (QED) is 0.744. The number of anilines is 1. The maximum absolute atomic E-state index is 12.6. The Hall–Kier alpha value is -2.67. The van der Waals surface area contributed by atoms with Gasteiger partial charge < -0.3 is 5.32 Å². The molecule has 2 aromatic rings. The third-order valence-corrected chi connectivity index (χ3v) is 5.16. The smallest absolute Gasteiger partial charge is 0.325 e. The lowest BCUT2D eigenvalue weighted by molar-refractivity contribution is -0.137. The molecule has 0 spiro atoms. The van der Waals surface area contributed by atoms with Crippen LogP contribution >= 0.6 is 0 Å². The number of halogens is 3. The van der Waals surface area contributed by atoms with Crippen molar-refractivity contribution in [3.63, 3.8) is 0 Å². The predicted molar refractivity (Wildman–Crippen MR) is 105 cm³/mol. The zero-order chi connectivity index (χ0) is 21.0. The van der Waals surface area contributed by atoms with Crippen LogP contribution in [0, 0.1) is 12.8 Å². The number of likely N-dealkylation sites (tertiary alicyclic amines) is 1. The standard InChI is InChI=1S/C22H23F3N2O2/c1-15-2-4-16(5-3-15)21(29)17-10-12-27(13-11-17)14-20(28)26-19-8-6-18(7-9-19)22(23,24)25/h2-9,17H,10-14H2,1H3,(H,26,28). The molecule has 29 heavy (non-hydrogen) atoms. The molecule has 0 bridgehead atoms. The van der Waals surface area contributed by atoms with Crippen LogP contribution in [0.25, 0.3) is 0 Å². The van der Waals surface area contributed by atoms with Crippen molar-refractivity contribution in [3.8, 4) is 0 Å². The van der Waals surface area contributed by atoms with Crippen LogP contribution in [0.1, 0.15) is 34.3 Å². The number of benzene rings is 2. The molecule has 7 heteroatoms. The Morgan fingerprint density at radius 2 is 1.59 bits per heavy atom. The Kier molecular flexibility index (Phi) is 6.37. The highest BCUT2D eigenvalue weighted by Gasteiger charge is 2.30. The summed E-state index contributed by atoms with van der Waals surface area (Å²) >= 11 is 0. The van der Waals surface area contributed by atoms with Gasteiger partial charge in [0.05, 0.1) is 12.1 Å². The zero-order valence-electron chi connectivity index (χ0n) is 16.1. The Balaban J connectivity index is 1.47. The fraction of sp³-hybridized carbons (Fsp3) is 0.364. The monoisotopic (exact) mass is 404 g/mol. The average molecular weight is 404 g/mol. The van der Waals surface area contributed by atoms with Crippen LogP contribution < -0.4 is 5.32 Å². The largest absolute Gasteiger partial charge is 0.416 e. The molecule has 1 amide bonds. The van der Waals surface area contributed by atoms with Gasteiger partial charge in [-0.1, -0.05) is 29.8 Å². The minimum Gasteiger partial charge on any atom is -0.325 e. The van der Waals surface area contributed by atoms with Crippen LogP contribution in [-0.2, 0) is 11.0 Å². The summed E-state index contributed by atoms with van der Waals surface area (Å²) in [5.41, 5.74) is 1.40. The minimum atomic E-state index is -4.40. The van der Waals surface area contributed by atoms with Crippen molar-refractivity contribution in [1.29, 1.82) is 0 Å². The number of Topliss-reactive ketones (excluding diaryl/α,β-unsaturated/α-hetero) is 1. The molecule has 0 aliphatic carbocycles. The molecule has 154 valence electrons. The van der Waals surface area contributed by atoms with E-state index in [1.165, 1.54) is 12.1 Å². The van der Waals surface area contributed by atoms with Gasteiger partial charge in [0.25, 0.3) is 0 Å². The van der Waals surface area contributed by atoms with E-state index in [1.807, 2.05) is 36.1 Å². The van der Waals surface area contributed by atoms with E-state index in [2.05, 4.69) is 5.32 Å². The lowest BCUT2D eigenvalue weighted by Crippen LogP contribution is -2.40. The first-order chi connectivity index (χ1) is 13.7. The SMILES string of the molecule is Cc1ccc(C(=O)C2CCN(CC(=O)Nc3ccc(C(F)(F)F)cc3)CC2)cc1. The van der Waals surface area contributed by atoms with E-state index in [-0.39, 0.29) is 24.2 Å². The van der Waals surface area contributed by atoms with Gasteiger partial charge in [-0.3, -0.25) is 14.5 Å². The normalized spacial score (nSPS) is 15.9. The van der Waals surface area contributed by atoms with Crippen LogP contribution in [0.5, 0.6) is 0 Å². The van der Waals surface area contributed by atoms with Gasteiger partial charge in [0.15, 0.2) is 5.78 Å². The number of carbonyl (C=O) groups is 2. The summed E-state index contributed by atoms with van der Waals surface area (Å²) in [5, 5.41) is 2.62. The van der Waals surface area contributed by atoms with Crippen molar-refractivity contribution in [2.75, 3.05) is 25.0 Å². The van der Waals surface area contributed by atoms with Gasteiger partial charge >= 0.3 is 6.18 Å². The second-order valence-electron chi connectivity index (χ2n) is 7.40. The Labute approximate surface area is 167 Å². The van der Waals surface area contributed by atoms with Crippen molar-refractivity contribution in [1.82, 2.24) is 4.90 Å². The number of carbonyl (C=O) groups excluding carboxylic acids is 2. The number of amides is 1. The lowest BCUT2D eigenvalue weighted by atomic mass is 9.88. The summed E-state index contributed by atoms with van der Waals surface area (Å²) in [6.07, 6.45) is -3.04. The van der Waals surface area contributed by atoms with Crippen molar-refractivity contribution in [3.05, 3.63) is 65.2 Å². The number of hydrogen-bond acceptors (Lipinski definition) is 3. The second kappa shape index (κ2) is 8.78. The fourth-order valence-electron chi connectivity index (χ4n) is 3.45. The Morgan fingerprint density at radius 1 is 1.00 bits per heavy atom. The highest BCUT2D eigenvalue weighted by molar-refractivity contribution is 5.98. The lowest BCUT2D eigenvalue weighted by Gasteiger charge is -2.30. The second-order valence-corrected chi connectivity index (χ2v) is 7.40. The summed E-state index contributed by atoms with van der Waals surface area (Å²) in [5.74, 6) is -0.196. The minimum absolute atomic E-state index is 0.0491. The summed E-state index contributed by atoms with van der Waals surface area (Å²) < 4.78 is 37.8. The topological polar surface area (TPSA) is 49.4 Å². The van der Waals surface area contributed by atoms with Crippen molar-refractivity contribution in [2.45, 2.75) is 25.9 Å². The Morgan fingerprint density at radius 3 is 2.14 bits per heavy atom. The first-order valence-electron chi connectivity index (χ1n) is 9.53. The molecule has 1 aliphatic rings. The van der Waals surface area contributed by atoms with Gasteiger partial charge in [0.2, 0.25) is 5.91 Å². The number of nitrogens with one attached hydrogen (secondary N) is 1. The molecule has 1 fully saturated rings. The maximum atomic E-state index is 12.6. The molecule has 0 radical (unpaired) electrons. The first-order valence-corrected chi connectivity index (χ1v) is 9.53. The third-order valence-electron chi connectivity index (χ3n) is 5.16. The summed E-state index contributed by atoms with van der Waals surface area (Å²) in [7, 11) is 0. The molecule has 3 rings (SSSR count). The molecule has 0 atom stereocenters. The number of ketones is 1. The van der Waals surface area contributed by atoms with Crippen LogP contribution in [-0.4, -0.2) is 36.2 Å². The van der Waals surface area contributed by atoms with E-state index in [0.29, 0.717) is 37.2 Å². The number of nitrogens with zero attached hydrogens (tertiary/aromatic N) is 1. The summed E-state index contributed by atoms with van der Waals surface area (Å²) in [6.45, 7) is 3.38. The van der Waals surface area contributed by atoms with Crippen molar-refractivity contribution < 1.29 is 22.8 Å². The van der Waals surface area contributed by atoms with Crippen LogP contribution in [0.15, 0.2) is 48.5 Å². The molecular formula is C22H23F3N2O2. The van der Waals surface area contributed by atoms with Crippen LogP contribution in [0.2, 0.25) is 0 Å². The van der Waals surface area contributed by atoms with Gasteiger partial charge in [-0.15, -0.1) is 0 Å². The number of rotatable bonds is 5. The molecule has 0 saturated carbocycles. The van der Waals surface area contributed by atoms with E-state index in [1.54, 1.807) is 0 Å². The zero-order valence-corrected chi connectivity index (χ0v) is 16.1. The van der Waals surface area contributed by atoms with Crippen molar-refractivity contribution >= 4 is 17.4 Å². The number of piperidine rings is 1. The molecule has 0 unspecified atom stereocenters. The number of aryl methyl sites for hydroxylation is 1. The molecule has 0 aromatic heterocycles. The summed E-state index contributed by atoms with van der Waals surface area (Å²) in [6, 6.07) is 11.9. The molecule has 1 aliphatic heterocycles. The summed E-state index contributed by atoms with van der Waals surface area (Å²) in [4.78, 5) is 26.7. The molecule has 2 aromatic carbocycles. The first kappa shape index (κ1) is 21.0. The fourth-order valence-corrected chi connectivity index (χ4v) is 3.45. The highest BCUT2D eigenvalue weighted by atomic mass is 19.4. The van der Waals surface area contributed by atoms with E-state index < -0.39 is 11.7 Å². The van der Waals surface area contributed by atoms with Gasteiger partial charge in [-0.05, 0) is 57.1 Å².